The van der Waals surface area contributed by atoms with Gasteiger partial charge < -0.3 is 14.9 Å². The fourth-order valence-electron chi connectivity index (χ4n) is 4.39. The minimum atomic E-state index is -0.253. The second-order valence-electron chi connectivity index (χ2n) is 7.56. The summed E-state index contributed by atoms with van der Waals surface area (Å²) in [5.74, 6) is 3.49. The van der Waals surface area contributed by atoms with E-state index in [1.54, 1.807) is 18.6 Å². The summed E-state index contributed by atoms with van der Waals surface area (Å²) in [5, 5.41) is 10.4. The van der Waals surface area contributed by atoms with Gasteiger partial charge in [-0.2, -0.15) is 5.10 Å². The third-order valence-corrected chi connectivity index (χ3v) is 5.78. The maximum atomic E-state index is 13.1. The van der Waals surface area contributed by atoms with E-state index in [1.165, 1.54) is 0 Å². The summed E-state index contributed by atoms with van der Waals surface area (Å²) in [5.41, 5.74) is 3.08. The maximum absolute atomic E-state index is 13.1. The number of imidazole rings is 1. The van der Waals surface area contributed by atoms with Crippen molar-refractivity contribution in [2.75, 3.05) is 5.32 Å². The van der Waals surface area contributed by atoms with Crippen molar-refractivity contribution < 1.29 is 4.79 Å². The highest BCUT2D eigenvalue weighted by Gasteiger charge is 2.29. The maximum Gasteiger partial charge on any atom is 0.291 e. The molecule has 4 aromatic rings. The molecule has 0 aliphatic heterocycles. The first-order valence-corrected chi connectivity index (χ1v) is 9.82. The van der Waals surface area contributed by atoms with Gasteiger partial charge in [0.05, 0.1) is 23.6 Å². The molecule has 3 N–H and O–H groups in total. The number of nitrogens with zero attached hydrogens (tertiary/aromatic N) is 4. The van der Waals surface area contributed by atoms with E-state index >= 15 is 0 Å². The number of pyridine rings is 1. The van der Waals surface area contributed by atoms with Crippen molar-refractivity contribution in [2.45, 2.75) is 38.1 Å². The number of carbonyl (C=O) groups excluding carboxylic acids is 1. The van der Waals surface area contributed by atoms with Crippen molar-refractivity contribution in [3.05, 3.63) is 36.7 Å². The minimum absolute atomic E-state index is 0.194. The molecule has 1 amide bonds. The van der Waals surface area contributed by atoms with Crippen molar-refractivity contribution in [1.29, 1.82) is 0 Å². The Morgan fingerprint density at radius 3 is 2.93 bits per heavy atom. The molecule has 5 rings (SSSR count). The topological polar surface area (TPSA) is 104 Å². The van der Waals surface area contributed by atoms with E-state index in [-0.39, 0.29) is 11.9 Å². The molecule has 0 saturated heterocycles. The van der Waals surface area contributed by atoms with E-state index in [9.17, 15) is 4.79 Å². The molecule has 1 saturated carbocycles. The molecule has 8 nitrogen and oxygen atoms in total. The van der Waals surface area contributed by atoms with Crippen LogP contribution in [0.15, 0.2) is 30.9 Å². The van der Waals surface area contributed by atoms with Gasteiger partial charge in [-0.3, -0.25) is 9.89 Å². The molecule has 0 atom stereocenters. The zero-order valence-electron chi connectivity index (χ0n) is 15.9. The number of amides is 1. The predicted molar refractivity (Wildman–Crippen MR) is 110 cm³/mol. The van der Waals surface area contributed by atoms with Gasteiger partial charge in [-0.05, 0) is 37.7 Å². The molecular weight excluding hydrogens is 366 g/mol. The molecule has 1 aliphatic rings. The molecule has 1 fully saturated rings. The Hall–Kier alpha value is -3.60. The highest BCUT2D eigenvalue weighted by molar-refractivity contribution is 6.07. The number of anilines is 1. The van der Waals surface area contributed by atoms with Crippen LogP contribution in [0, 0.1) is 18.3 Å². The lowest BCUT2D eigenvalue weighted by molar-refractivity contribution is 0.100. The van der Waals surface area contributed by atoms with Crippen LogP contribution in [-0.2, 0) is 0 Å². The molecule has 0 unspecified atom stereocenters. The van der Waals surface area contributed by atoms with Crippen LogP contribution in [0.2, 0.25) is 0 Å². The predicted octanol–water partition coefficient (Wildman–Crippen LogP) is 3.64. The lowest BCUT2D eigenvalue weighted by atomic mass is 9.84. The SMILES string of the molecule is C#CC[C@H]1CC[C@H](n2c(C(=O)Nc3cn[nH]c3)nc3cnc4[nH]ccc4c32)CC1. The Bertz CT molecular complexity index is 1200. The van der Waals surface area contributed by atoms with Gasteiger partial charge in [-0.15, -0.1) is 12.3 Å². The van der Waals surface area contributed by atoms with E-state index in [4.69, 9.17) is 6.42 Å². The van der Waals surface area contributed by atoms with E-state index in [1.807, 2.05) is 12.3 Å². The van der Waals surface area contributed by atoms with Crippen LogP contribution in [0.25, 0.3) is 22.1 Å². The number of aromatic nitrogens is 6. The summed E-state index contributed by atoms with van der Waals surface area (Å²) in [6.45, 7) is 0. The Labute approximate surface area is 167 Å². The third-order valence-electron chi connectivity index (χ3n) is 5.78. The Morgan fingerprint density at radius 2 is 2.17 bits per heavy atom. The first-order valence-electron chi connectivity index (χ1n) is 9.82. The first kappa shape index (κ1) is 17.5. The Morgan fingerprint density at radius 1 is 1.31 bits per heavy atom. The molecule has 0 aromatic carbocycles. The first-order chi connectivity index (χ1) is 14.2. The van der Waals surface area contributed by atoms with Gasteiger partial charge in [0.2, 0.25) is 5.82 Å². The van der Waals surface area contributed by atoms with Gasteiger partial charge in [-0.1, -0.05) is 0 Å². The highest BCUT2D eigenvalue weighted by atomic mass is 16.2. The summed E-state index contributed by atoms with van der Waals surface area (Å²) in [7, 11) is 0. The summed E-state index contributed by atoms with van der Waals surface area (Å²) in [4.78, 5) is 25.4. The molecule has 0 spiro atoms. The van der Waals surface area contributed by atoms with Gasteiger partial charge in [0.1, 0.15) is 11.2 Å². The van der Waals surface area contributed by atoms with Crippen molar-refractivity contribution in [2.24, 2.45) is 5.92 Å². The normalized spacial score (nSPS) is 19.4. The monoisotopic (exact) mass is 387 g/mol. The number of aromatic amines is 2. The van der Waals surface area contributed by atoms with Crippen molar-refractivity contribution in [3.63, 3.8) is 0 Å². The zero-order chi connectivity index (χ0) is 19.8. The second-order valence-corrected chi connectivity index (χ2v) is 7.56. The van der Waals surface area contributed by atoms with Crippen LogP contribution >= 0.6 is 0 Å². The van der Waals surface area contributed by atoms with E-state index in [2.05, 4.69) is 41.0 Å². The summed E-state index contributed by atoms with van der Waals surface area (Å²) < 4.78 is 2.11. The lowest BCUT2D eigenvalue weighted by Crippen LogP contribution is -2.24. The molecule has 0 radical (unpaired) electrons. The number of rotatable bonds is 4. The average Bonchev–Trinajstić information content (AvgIpc) is 3.47. The van der Waals surface area contributed by atoms with Crippen LogP contribution in [-0.4, -0.2) is 35.6 Å². The van der Waals surface area contributed by atoms with Crippen molar-refractivity contribution >= 4 is 33.7 Å². The molecule has 8 heteroatoms. The smallest absolute Gasteiger partial charge is 0.291 e. The number of hydrogen-bond donors (Lipinski definition) is 3. The Kier molecular flexibility index (Phi) is 4.28. The van der Waals surface area contributed by atoms with Crippen LogP contribution in [0.5, 0.6) is 0 Å². The number of hydrogen-bond acceptors (Lipinski definition) is 4. The molecule has 1 aliphatic carbocycles. The zero-order valence-corrected chi connectivity index (χ0v) is 15.9. The van der Waals surface area contributed by atoms with Gasteiger partial charge in [-0.25, -0.2) is 9.97 Å². The molecular formula is C21H21N7O. The van der Waals surface area contributed by atoms with Crippen LogP contribution in [0.3, 0.4) is 0 Å². The van der Waals surface area contributed by atoms with E-state index in [0.29, 0.717) is 17.4 Å². The third kappa shape index (κ3) is 3.05. The minimum Gasteiger partial charge on any atom is -0.346 e. The number of carbonyl (C=O) groups is 1. The van der Waals surface area contributed by atoms with Crippen LogP contribution in [0.1, 0.15) is 48.8 Å². The highest BCUT2D eigenvalue weighted by Crippen LogP contribution is 2.38. The fourth-order valence-corrected chi connectivity index (χ4v) is 4.39. The molecule has 146 valence electrons. The van der Waals surface area contributed by atoms with Crippen LogP contribution in [0.4, 0.5) is 5.69 Å². The van der Waals surface area contributed by atoms with Crippen LogP contribution < -0.4 is 5.32 Å². The van der Waals surface area contributed by atoms with E-state index < -0.39 is 0 Å². The van der Waals surface area contributed by atoms with Gasteiger partial charge in [0.25, 0.3) is 5.91 Å². The summed E-state index contributed by atoms with van der Waals surface area (Å²) >= 11 is 0. The van der Waals surface area contributed by atoms with Gasteiger partial charge >= 0.3 is 0 Å². The number of nitrogens with one attached hydrogen (secondary N) is 3. The summed E-state index contributed by atoms with van der Waals surface area (Å²) in [6.07, 6.45) is 17.2. The fraction of sp³-hybridized carbons (Fsp3) is 0.333. The number of fused-ring (bicyclic) bond motifs is 3. The van der Waals surface area contributed by atoms with Gasteiger partial charge in [0, 0.05) is 30.2 Å². The van der Waals surface area contributed by atoms with E-state index in [0.717, 1.165) is 54.2 Å². The Balaban J connectivity index is 1.60. The lowest BCUT2D eigenvalue weighted by Gasteiger charge is -2.29. The average molecular weight is 387 g/mol. The molecule has 0 bridgehead atoms. The molecule has 4 heterocycles. The van der Waals surface area contributed by atoms with Gasteiger partial charge in [0.15, 0.2) is 0 Å². The second kappa shape index (κ2) is 7.09. The van der Waals surface area contributed by atoms with Crippen molar-refractivity contribution in [3.8, 4) is 12.3 Å². The standard InChI is InChI=1S/C21H21N7O/c1-2-3-13-4-6-15(7-5-13)28-18-16-8-9-22-19(16)23-12-17(18)27-20(28)21(29)26-14-10-24-25-11-14/h1,8-13,15H,3-7H2,(H,22,23)(H,24,25)(H,26,29)/t13-,15-. The largest absolute Gasteiger partial charge is 0.346 e. The molecule has 29 heavy (non-hydrogen) atoms. The summed E-state index contributed by atoms with van der Waals surface area (Å²) in [6, 6.07) is 2.18. The quantitative estimate of drug-likeness (QED) is 0.465. The molecule has 4 aromatic heterocycles. The number of terminal acetylenes is 1. The number of H-pyrrole nitrogens is 2. The van der Waals surface area contributed by atoms with Crippen molar-refractivity contribution in [1.82, 2.24) is 29.7 Å².